The van der Waals surface area contributed by atoms with Crippen molar-refractivity contribution in [1.82, 2.24) is 15.1 Å². The summed E-state index contributed by atoms with van der Waals surface area (Å²) in [5, 5.41) is 6.79. The maximum atomic E-state index is 13.1. The van der Waals surface area contributed by atoms with Crippen molar-refractivity contribution < 1.29 is 9.59 Å². The molecular weight excluding hydrogens is 376 g/mol. The Bertz CT molecular complexity index is 1080. The number of hydrogen-bond donors (Lipinski definition) is 1. The monoisotopic (exact) mass is 400 g/mol. The molecule has 0 radical (unpaired) electrons. The number of likely N-dealkylation sites (tertiary alicyclic amines) is 1. The predicted molar refractivity (Wildman–Crippen MR) is 115 cm³/mol. The van der Waals surface area contributed by atoms with E-state index in [-0.39, 0.29) is 17.2 Å². The van der Waals surface area contributed by atoms with E-state index in [2.05, 4.69) is 10.2 Å². The Balaban J connectivity index is 1.22. The number of amides is 2. The number of hydrogen-bond acceptors (Lipinski definition) is 3. The summed E-state index contributed by atoms with van der Waals surface area (Å²) in [7, 11) is 0. The van der Waals surface area contributed by atoms with Gasteiger partial charge in [-0.05, 0) is 49.6 Å². The van der Waals surface area contributed by atoms with Gasteiger partial charge in [-0.15, -0.1) is 0 Å². The second-order valence-electron chi connectivity index (χ2n) is 8.37. The third-order valence-electron chi connectivity index (χ3n) is 6.44. The average molecular weight is 400 g/mol. The molecule has 6 nitrogen and oxygen atoms in total. The fraction of sp³-hybridized carbons (Fsp3) is 0.292. The van der Waals surface area contributed by atoms with Crippen molar-refractivity contribution in [1.29, 1.82) is 0 Å². The molecular formula is C24H24N4O2. The van der Waals surface area contributed by atoms with Crippen LogP contribution in [0.2, 0.25) is 0 Å². The molecule has 0 saturated carbocycles. The number of nitrogens with one attached hydrogen (secondary N) is 1. The third-order valence-corrected chi connectivity index (χ3v) is 6.44. The number of rotatable bonds is 3. The molecule has 2 aliphatic rings. The van der Waals surface area contributed by atoms with Crippen molar-refractivity contribution >= 4 is 17.5 Å². The molecule has 0 bridgehead atoms. The number of carbonyl (C=O) groups is 2. The third kappa shape index (κ3) is 3.09. The maximum absolute atomic E-state index is 13.1. The minimum atomic E-state index is -0.313. The van der Waals surface area contributed by atoms with E-state index < -0.39 is 0 Å². The Morgan fingerprint density at radius 2 is 1.83 bits per heavy atom. The van der Waals surface area contributed by atoms with E-state index in [9.17, 15) is 9.59 Å². The molecule has 30 heavy (non-hydrogen) atoms. The lowest BCUT2D eigenvalue weighted by molar-refractivity contribution is -0.138. The first-order valence-corrected chi connectivity index (χ1v) is 10.3. The first-order chi connectivity index (χ1) is 14.6. The van der Waals surface area contributed by atoms with Gasteiger partial charge in [-0.1, -0.05) is 29.8 Å². The topological polar surface area (TPSA) is 69.3 Å². The van der Waals surface area contributed by atoms with Gasteiger partial charge in [0.2, 0.25) is 5.91 Å². The number of nitrogens with zero attached hydrogens (tertiary/aromatic N) is 3. The largest absolute Gasteiger partial charge is 0.339 e. The summed E-state index contributed by atoms with van der Waals surface area (Å²) < 4.78 is 0. The van der Waals surface area contributed by atoms with Gasteiger partial charge in [-0.2, -0.15) is 5.10 Å². The minimum Gasteiger partial charge on any atom is -0.339 e. The second kappa shape index (κ2) is 7.13. The van der Waals surface area contributed by atoms with Gasteiger partial charge in [0.25, 0.3) is 5.91 Å². The van der Waals surface area contributed by atoms with Gasteiger partial charge in [0.05, 0.1) is 11.6 Å². The Kier molecular flexibility index (Phi) is 4.42. The van der Waals surface area contributed by atoms with Crippen molar-refractivity contribution in [2.24, 2.45) is 5.41 Å². The molecule has 2 saturated heterocycles. The smallest absolute Gasteiger partial charge is 0.253 e. The van der Waals surface area contributed by atoms with E-state index in [1.807, 2.05) is 71.5 Å². The first-order valence-electron chi connectivity index (χ1n) is 10.3. The molecule has 1 spiro atoms. The van der Waals surface area contributed by atoms with Crippen LogP contribution in [0, 0.1) is 12.3 Å². The van der Waals surface area contributed by atoms with Crippen molar-refractivity contribution in [3.05, 3.63) is 72.1 Å². The highest BCUT2D eigenvalue weighted by Crippen LogP contribution is 2.44. The van der Waals surface area contributed by atoms with Crippen LogP contribution in [0.1, 0.15) is 28.8 Å². The highest BCUT2D eigenvalue weighted by molar-refractivity contribution is 6.05. The number of H-pyrrole nitrogens is 1. The van der Waals surface area contributed by atoms with Crippen LogP contribution in [0.3, 0.4) is 0 Å². The van der Waals surface area contributed by atoms with Crippen molar-refractivity contribution in [3.8, 4) is 11.1 Å². The molecule has 2 fully saturated rings. The van der Waals surface area contributed by atoms with Crippen LogP contribution in [-0.2, 0) is 4.79 Å². The fourth-order valence-corrected chi connectivity index (χ4v) is 4.56. The van der Waals surface area contributed by atoms with Crippen molar-refractivity contribution in [2.75, 3.05) is 24.5 Å². The van der Waals surface area contributed by atoms with E-state index in [0.29, 0.717) is 13.1 Å². The molecule has 0 atom stereocenters. The molecule has 3 aromatic rings. The van der Waals surface area contributed by atoms with Gasteiger partial charge in [0.15, 0.2) is 0 Å². The number of aromatic nitrogens is 2. The SMILES string of the molecule is Cc1cccc(C(=O)N2CCC3(CC2)CN(c2ccc(-c4cn[nH]c4)cc2)C3=O)c1. The molecule has 2 aliphatic heterocycles. The van der Waals surface area contributed by atoms with Crippen LogP contribution >= 0.6 is 0 Å². The quantitative estimate of drug-likeness (QED) is 0.682. The van der Waals surface area contributed by atoms with Crippen LogP contribution in [0.15, 0.2) is 60.9 Å². The summed E-state index contributed by atoms with van der Waals surface area (Å²) in [6.45, 7) is 3.98. The summed E-state index contributed by atoms with van der Waals surface area (Å²) in [5.74, 6) is 0.244. The first kappa shape index (κ1) is 18.6. The fourth-order valence-electron chi connectivity index (χ4n) is 4.56. The maximum Gasteiger partial charge on any atom is 0.253 e. The Morgan fingerprint density at radius 3 is 2.47 bits per heavy atom. The predicted octanol–water partition coefficient (Wildman–Crippen LogP) is 3.65. The number of benzene rings is 2. The Morgan fingerprint density at radius 1 is 1.07 bits per heavy atom. The molecule has 2 amide bonds. The summed E-state index contributed by atoms with van der Waals surface area (Å²) in [6.07, 6.45) is 5.09. The van der Waals surface area contributed by atoms with Crippen LogP contribution < -0.4 is 4.90 Å². The lowest BCUT2D eigenvalue weighted by Crippen LogP contribution is -2.65. The minimum absolute atomic E-state index is 0.0621. The second-order valence-corrected chi connectivity index (χ2v) is 8.37. The summed E-state index contributed by atoms with van der Waals surface area (Å²) in [6, 6.07) is 15.7. The molecule has 1 N–H and O–H groups in total. The zero-order valence-corrected chi connectivity index (χ0v) is 17.0. The van der Waals surface area contributed by atoms with Crippen LogP contribution in [-0.4, -0.2) is 46.5 Å². The lowest BCUT2D eigenvalue weighted by Gasteiger charge is -2.52. The van der Waals surface area contributed by atoms with E-state index in [1.165, 1.54) is 0 Å². The number of aromatic amines is 1. The van der Waals surface area contributed by atoms with Gasteiger partial charge in [-0.25, -0.2) is 0 Å². The van der Waals surface area contributed by atoms with E-state index in [1.54, 1.807) is 6.20 Å². The van der Waals surface area contributed by atoms with Gasteiger partial charge in [0, 0.05) is 42.6 Å². The summed E-state index contributed by atoms with van der Waals surface area (Å²) in [4.78, 5) is 29.6. The molecule has 5 rings (SSSR count). The molecule has 152 valence electrons. The summed E-state index contributed by atoms with van der Waals surface area (Å²) in [5.41, 5.74) is 4.52. The molecule has 1 aromatic heterocycles. The highest BCUT2D eigenvalue weighted by atomic mass is 16.2. The summed E-state index contributed by atoms with van der Waals surface area (Å²) >= 11 is 0. The number of anilines is 1. The lowest BCUT2D eigenvalue weighted by atomic mass is 9.70. The molecule has 0 unspecified atom stereocenters. The normalized spacial score (nSPS) is 17.8. The molecule has 6 heteroatoms. The highest BCUT2D eigenvalue weighted by Gasteiger charge is 2.53. The van der Waals surface area contributed by atoms with Crippen molar-refractivity contribution in [3.63, 3.8) is 0 Å². The van der Waals surface area contributed by atoms with E-state index >= 15 is 0 Å². The number of carbonyl (C=O) groups excluding carboxylic acids is 2. The van der Waals surface area contributed by atoms with Gasteiger partial charge >= 0.3 is 0 Å². The van der Waals surface area contributed by atoms with Crippen LogP contribution in [0.5, 0.6) is 0 Å². The zero-order valence-electron chi connectivity index (χ0n) is 17.0. The zero-order chi connectivity index (χ0) is 20.7. The molecule has 0 aliphatic carbocycles. The molecule has 3 heterocycles. The van der Waals surface area contributed by atoms with Gasteiger partial charge in [-0.3, -0.25) is 14.7 Å². The number of β-lactam (4-membered cyclic amide) rings is 1. The standard InChI is InChI=1S/C24H24N4O2/c1-17-3-2-4-19(13-17)22(29)27-11-9-24(10-12-27)16-28(23(24)30)21-7-5-18(6-8-21)20-14-25-26-15-20/h2-8,13-15H,9-12,16H2,1H3,(H,25,26). The van der Waals surface area contributed by atoms with Crippen molar-refractivity contribution in [2.45, 2.75) is 19.8 Å². The van der Waals surface area contributed by atoms with Crippen LogP contribution in [0.25, 0.3) is 11.1 Å². The van der Waals surface area contributed by atoms with Gasteiger partial charge < -0.3 is 9.80 Å². The average Bonchev–Trinajstić information content (AvgIpc) is 3.32. The van der Waals surface area contributed by atoms with E-state index in [0.717, 1.165) is 47.3 Å². The Labute approximate surface area is 175 Å². The van der Waals surface area contributed by atoms with Crippen LogP contribution in [0.4, 0.5) is 5.69 Å². The molecule has 2 aromatic carbocycles. The number of piperidine rings is 1. The Hall–Kier alpha value is -3.41. The van der Waals surface area contributed by atoms with E-state index in [4.69, 9.17) is 0 Å². The van der Waals surface area contributed by atoms with Gasteiger partial charge in [0.1, 0.15) is 0 Å². The number of aryl methyl sites for hydroxylation is 1.